The number of hydrogen-bond acceptors (Lipinski definition) is 3. The number of para-hydroxylation sites is 2. The van der Waals surface area contributed by atoms with Crippen molar-refractivity contribution in [3.05, 3.63) is 87.5 Å². The molecule has 0 saturated carbocycles. The van der Waals surface area contributed by atoms with Crippen molar-refractivity contribution in [3.8, 4) is 5.75 Å². The van der Waals surface area contributed by atoms with Gasteiger partial charge in [0.25, 0.3) is 0 Å². The summed E-state index contributed by atoms with van der Waals surface area (Å²) < 4.78 is 0. The summed E-state index contributed by atoms with van der Waals surface area (Å²) in [5.41, 5.74) is 10.0. The molecule has 1 atom stereocenters. The summed E-state index contributed by atoms with van der Waals surface area (Å²) in [6.45, 7) is 21.9. The molecular weight excluding hydrogens is 452 g/mol. The lowest BCUT2D eigenvalue weighted by Gasteiger charge is -2.25. The number of nitrogens with one attached hydrogen (secondary N) is 1. The Morgan fingerprint density at radius 2 is 1.14 bits per heavy atom. The number of rotatable bonds is 9. The van der Waals surface area contributed by atoms with Gasteiger partial charge in [-0.25, -0.2) is 0 Å². The van der Waals surface area contributed by atoms with Crippen molar-refractivity contribution >= 4 is 17.6 Å². The van der Waals surface area contributed by atoms with Crippen molar-refractivity contribution in [1.82, 2.24) is 0 Å². The standard InChI is InChI=1S/C34H46N2O/c1-20(2)27-13-11-14-28(21(3)4)32(27)35-19-26-17-24(9)18-31(34(26)37)25(10)36-33-29(22(5)6)15-12-16-30(33)23(7)8/h11-23,25,36-37H,1-10H3/t25-/m0/s1. The third-order valence-electron chi connectivity index (χ3n) is 7.19. The van der Waals surface area contributed by atoms with E-state index in [1.807, 2.05) is 12.3 Å². The molecule has 0 amide bonds. The second-order valence-electron chi connectivity index (χ2n) is 11.6. The smallest absolute Gasteiger partial charge is 0.129 e. The molecule has 0 aliphatic heterocycles. The molecule has 0 bridgehead atoms. The molecule has 0 aliphatic rings. The van der Waals surface area contributed by atoms with Crippen LogP contribution in [0, 0.1) is 6.92 Å². The van der Waals surface area contributed by atoms with Crippen LogP contribution < -0.4 is 5.32 Å². The van der Waals surface area contributed by atoms with Gasteiger partial charge in [-0.3, -0.25) is 4.99 Å². The predicted octanol–water partition coefficient (Wildman–Crippen LogP) is 10.1. The van der Waals surface area contributed by atoms with Gasteiger partial charge in [0.1, 0.15) is 5.75 Å². The summed E-state index contributed by atoms with van der Waals surface area (Å²) in [6, 6.07) is 17.0. The van der Waals surface area contributed by atoms with Crippen molar-refractivity contribution in [2.24, 2.45) is 4.99 Å². The second-order valence-corrected chi connectivity index (χ2v) is 11.6. The number of hydrogen-bond donors (Lipinski definition) is 2. The summed E-state index contributed by atoms with van der Waals surface area (Å²) in [7, 11) is 0. The van der Waals surface area contributed by atoms with Crippen LogP contribution in [0.2, 0.25) is 0 Å². The van der Waals surface area contributed by atoms with Crippen LogP contribution in [0.1, 0.15) is 131 Å². The lowest BCUT2D eigenvalue weighted by atomic mass is 9.91. The maximum atomic E-state index is 11.4. The molecule has 0 unspecified atom stereocenters. The molecule has 3 heteroatoms. The molecule has 2 N–H and O–H groups in total. The summed E-state index contributed by atoms with van der Waals surface area (Å²) in [4.78, 5) is 4.97. The topological polar surface area (TPSA) is 44.6 Å². The maximum Gasteiger partial charge on any atom is 0.129 e. The fraction of sp³-hybridized carbons (Fsp3) is 0.441. The fourth-order valence-electron chi connectivity index (χ4n) is 5.07. The van der Waals surface area contributed by atoms with E-state index < -0.39 is 0 Å². The molecule has 198 valence electrons. The molecule has 0 spiro atoms. The quantitative estimate of drug-likeness (QED) is 0.288. The Kier molecular flexibility index (Phi) is 9.23. The minimum Gasteiger partial charge on any atom is -0.507 e. The third-order valence-corrected chi connectivity index (χ3v) is 7.19. The molecule has 0 fully saturated rings. The van der Waals surface area contributed by atoms with Crippen molar-refractivity contribution in [1.29, 1.82) is 0 Å². The van der Waals surface area contributed by atoms with E-state index in [0.717, 1.165) is 22.4 Å². The summed E-state index contributed by atoms with van der Waals surface area (Å²) in [5.74, 6) is 1.83. The molecule has 0 heterocycles. The van der Waals surface area contributed by atoms with E-state index in [0.29, 0.717) is 23.7 Å². The van der Waals surface area contributed by atoms with Gasteiger partial charge in [-0.1, -0.05) is 97.9 Å². The molecule has 3 aromatic rings. The van der Waals surface area contributed by atoms with E-state index in [1.54, 1.807) is 0 Å². The Morgan fingerprint density at radius 3 is 1.59 bits per heavy atom. The van der Waals surface area contributed by atoms with Crippen LogP contribution in [0.15, 0.2) is 53.5 Å². The Labute approximate surface area is 225 Å². The van der Waals surface area contributed by atoms with Crippen LogP contribution in [0.25, 0.3) is 0 Å². The van der Waals surface area contributed by atoms with Gasteiger partial charge in [0.15, 0.2) is 0 Å². The zero-order valence-electron chi connectivity index (χ0n) is 24.5. The first-order chi connectivity index (χ1) is 17.4. The van der Waals surface area contributed by atoms with Crippen molar-refractivity contribution in [2.75, 3.05) is 5.32 Å². The largest absolute Gasteiger partial charge is 0.507 e. The second kappa shape index (κ2) is 12.0. The van der Waals surface area contributed by atoms with E-state index in [4.69, 9.17) is 4.99 Å². The van der Waals surface area contributed by atoms with Crippen LogP contribution in [0.4, 0.5) is 11.4 Å². The summed E-state index contributed by atoms with van der Waals surface area (Å²) >= 11 is 0. The number of aryl methyl sites for hydroxylation is 1. The molecular formula is C34H46N2O. The number of phenols is 1. The highest BCUT2D eigenvalue weighted by Gasteiger charge is 2.20. The van der Waals surface area contributed by atoms with E-state index in [9.17, 15) is 5.11 Å². The van der Waals surface area contributed by atoms with Crippen molar-refractivity contribution in [3.63, 3.8) is 0 Å². The van der Waals surface area contributed by atoms with Gasteiger partial charge < -0.3 is 10.4 Å². The van der Waals surface area contributed by atoms with Crippen LogP contribution >= 0.6 is 0 Å². The van der Waals surface area contributed by atoms with Gasteiger partial charge in [-0.05, 0) is 71.4 Å². The zero-order valence-corrected chi connectivity index (χ0v) is 24.5. The van der Waals surface area contributed by atoms with Gasteiger partial charge in [-0.2, -0.15) is 0 Å². The summed E-state index contributed by atoms with van der Waals surface area (Å²) in [5, 5.41) is 15.2. The van der Waals surface area contributed by atoms with Gasteiger partial charge in [0.05, 0.1) is 11.7 Å². The first-order valence-electron chi connectivity index (χ1n) is 13.8. The van der Waals surface area contributed by atoms with E-state index in [2.05, 4.69) is 117 Å². The van der Waals surface area contributed by atoms with Crippen molar-refractivity contribution in [2.45, 2.75) is 99.0 Å². The number of benzene rings is 3. The molecule has 0 aromatic heterocycles. The first-order valence-corrected chi connectivity index (χ1v) is 13.8. The van der Waals surface area contributed by atoms with E-state index in [1.165, 1.54) is 27.9 Å². The summed E-state index contributed by atoms with van der Waals surface area (Å²) in [6.07, 6.45) is 1.84. The molecule has 0 radical (unpaired) electrons. The highest BCUT2D eigenvalue weighted by molar-refractivity contribution is 5.87. The molecule has 0 aliphatic carbocycles. The van der Waals surface area contributed by atoms with Crippen LogP contribution in [0.5, 0.6) is 5.75 Å². The number of aromatic hydroxyl groups is 1. The number of phenolic OH excluding ortho intramolecular Hbond substituents is 1. The highest BCUT2D eigenvalue weighted by atomic mass is 16.3. The number of anilines is 1. The average molecular weight is 499 g/mol. The Bertz CT molecular complexity index is 1200. The van der Waals surface area contributed by atoms with E-state index in [-0.39, 0.29) is 11.8 Å². The third kappa shape index (κ3) is 6.44. The van der Waals surface area contributed by atoms with E-state index >= 15 is 0 Å². The molecule has 0 saturated heterocycles. The van der Waals surface area contributed by atoms with Gasteiger partial charge in [-0.15, -0.1) is 0 Å². The van der Waals surface area contributed by atoms with Crippen LogP contribution in [-0.2, 0) is 0 Å². The van der Waals surface area contributed by atoms with Crippen LogP contribution in [-0.4, -0.2) is 11.3 Å². The molecule has 3 aromatic carbocycles. The molecule has 37 heavy (non-hydrogen) atoms. The normalized spacial score (nSPS) is 12.9. The maximum absolute atomic E-state index is 11.4. The lowest BCUT2D eigenvalue weighted by Crippen LogP contribution is -2.13. The predicted molar refractivity (Wildman–Crippen MR) is 161 cm³/mol. The Balaban J connectivity index is 2.05. The SMILES string of the molecule is Cc1cc(C=Nc2c(C(C)C)cccc2C(C)C)c(O)c([C@H](C)Nc2c(C(C)C)cccc2C(C)C)c1. The van der Waals surface area contributed by atoms with Gasteiger partial charge in [0.2, 0.25) is 0 Å². The lowest BCUT2D eigenvalue weighted by molar-refractivity contribution is 0.464. The molecule has 3 rings (SSSR count). The van der Waals surface area contributed by atoms with Gasteiger partial charge >= 0.3 is 0 Å². The van der Waals surface area contributed by atoms with Gasteiger partial charge in [0, 0.05) is 23.0 Å². The number of nitrogens with zero attached hydrogens (tertiary/aromatic N) is 1. The Hall–Kier alpha value is -3.07. The minimum atomic E-state index is -0.0707. The zero-order chi connectivity index (χ0) is 27.4. The number of aliphatic imine (C=N–C) groups is 1. The fourth-order valence-corrected chi connectivity index (χ4v) is 5.07. The average Bonchev–Trinajstić information content (AvgIpc) is 2.83. The first kappa shape index (κ1) is 28.5. The Morgan fingerprint density at radius 1 is 0.676 bits per heavy atom. The molecule has 3 nitrogen and oxygen atoms in total. The highest BCUT2D eigenvalue weighted by Crippen LogP contribution is 2.38. The van der Waals surface area contributed by atoms with Crippen molar-refractivity contribution < 1.29 is 5.11 Å². The monoisotopic (exact) mass is 498 g/mol. The minimum absolute atomic E-state index is 0.0707. The van der Waals surface area contributed by atoms with Crippen LogP contribution in [0.3, 0.4) is 0 Å².